The number of halogens is 1. The second-order valence-electron chi connectivity index (χ2n) is 9.78. The van der Waals surface area contributed by atoms with Gasteiger partial charge in [0.05, 0.1) is 18.2 Å². The Labute approximate surface area is 192 Å². The first-order valence-electron chi connectivity index (χ1n) is 11.7. The molecule has 168 valence electrons. The van der Waals surface area contributed by atoms with Crippen molar-refractivity contribution in [3.05, 3.63) is 77.7 Å². The molecule has 4 nitrogen and oxygen atoms in total. The number of amides is 1. The lowest BCUT2D eigenvalue weighted by Gasteiger charge is -2.54. The van der Waals surface area contributed by atoms with Gasteiger partial charge in [-0.15, -0.1) is 0 Å². The van der Waals surface area contributed by atoms with Crippen LogP contribution in [0.15, 0.2) is 60.8 Å². The number of nitrogens with zero attached hydrogens (tertiary/aromatic N) is 1. The van der Waals surface area contributed by atoms with E-state index in [0.29, 0.717) is 28.4 Å². The first-order valence-corrected chi connectivity index (χ1v) is 11.7. The van der Waals surface area contributed by atoms with Gasteiger partial charge in [-0.1, -0.05) is 24.6 Å². The van der Waals surface area contributed by atoms with Crippen LogP contribution in [0.25, 0.3) is 21.7 Å². The summed E-state index contributed by atoms with van der Waals surface area (Å²) in [4.78, 5) is 13.2. The number of carbonyl (C=O) groups is 1. The lowest BCUT2D eigenvalue weighted by atomic mass is 9.54. The molecule has 33 heavy (non-hydrogen) atoms. The van der Waals surface area contributed by atoms with E-state index in [0.717, 1.165) is 34.9 Å². The topological polar surface area (TPSA) is 43.3 Å². The average Bonchev–Trinajstić information content (AvgIpc) is 3.19. The van der Waals surface area contributed by atoms with Crippen molar-refractivity contribution in [3.63, 3.8) is 0 Å². The minimum Gasteiger partial charge on any atom is -0.497 e. The van der Waals surface area contributed by atoms with Gasteiger partial charge in [0.15, 0.2) is 0 Å². The number of benzene rings is 3. The van der Waals surface area contributed by atoms with E-state index >= 15 is 0 Å². The Morgan fingerprint density at radius 3 is 2.64 bits per heavy atom. The highest BCUT2D eigenvalue weighted by Gasteiger charge is 2.48. The summed E-state index contributed by atoms with van der Waals surface area (Å²) >= 11 is 0. The van der Waals surface area contributed by atoms with E-state index in [1.165, 1.54) is 25.3 Å². The molecular weight excluding hydrogens is 415 g/mol. The van der Waals surface area contributed by atoms with Crippen LogP contribution in [0.3, 0.4) is 0 Å². The summed E-state index contributed by atoms with van der Waals surface area (Å²) in [6.07, 6.45) is 7.92. The molecule has 1 aromatic heterocycles. The van der Waals surface area contributed by atoms with E-state index in [1.54, 1.807) is 19.2 Å². The van der Waals surface area contributed by atoms with Gasteiger partial charge in [0.25, 0.3) is 5.91 Å². The zero-order valence-corrected chi connectivity index (χ0v) is 18.7. The van der Waals surface area contributed by atoms with Gasteiger partial charge in [-0.25, -0.2) is 4.39 Å². The summed E-state index contributed by atoms with van der Waals surface area (Å²) in [5, 5.41) is 5.90. The Morgan fingerprint density at radius 2 is 1.88 bits per heavy atom. The number of carbonyl (C=O) groups excluding carboxylic acids is 1. The summed E-state index contributed by atoms with van der Waals surface area (Å²) in [5.74, 6) is 0.417. The van der Waals surface area contributed by atoms with Crippen molar-refractivity contribution >= 4 is 27.6 Å². The monoisotopic (exact) mass is 442 g/mol. The Hall–Kier alpha value is -3.34. The third-order valence-electron chi connectivity index (χ3n) is 7.69. The smallest absolute Gasteiger partial charge is 0.253 e. The number of rotatable bonds is 5. The molecule has 0 saturated heterocycles. The van der Waals surface area contributed by atoms with E-state index < -0.39 is 0 Å². The molecule has 2 fully saturated rings. The van der Waals surface area contributed by atoms with Gasteiger partial charge in [0, 0.05) is 24.2 Å². The fraction of sp³-hybridized carbons (Fsp3) is 0.321. The van der Waals surface area contributed by atoms with Crippen LogP contribution in [0.2, 0.25) is 0 Å². The minimum absolute atomic E-state index is 0.107. The predicted molar refractivity (Wildman–Crippen MR) is 128 cm³/mol. The summed E-state index contributed by atoms with van der Waals surface area (Å²) < 4.78 is 21.9. The Balaban J connectivity index is 1.30. The molecule has 2 aliphatic carbocycles. The van der Waals surface area contributed by atoms with Gasteiger partial charge in [-0.05, 0) is 83.8 Å². The van der Waals surface area contributed by atoms with Crippen molar-refractivity contribution in [2.24, 2.45) is 5.41 Å². The van der Waals surface area contributed by atoms with Crippen LogP contribution in [-0.4, -0.2) is 23.6 Å². The quantitative estimate of drug-likeness (QED) is 0.409. The molecule has 2 saturated carbocycles. The molecule has 1 heterocycles. The summed E-state index contributed by atoms with van der Waals surface area (Å²) in [7, 11) is 1.66. The van der Waals surface area contributed by atoms with E-state index in [9.17, 15) is 9.18 Å². The largest absolute Gasteiger partial charge is 0.497 e. The molecule has 0 unspecified atom stereocenters. The standard InChI is InChI=1S/C28H27FN2O2/c1-33-22-6-5-19-13-18(3-4-20(19)14-22)17-31-12-9-23-25(29)8-7-24(26(23)31)27(32)30-21-15-28(16-21)10-2-11-28/h3-9,12-14,21H,2,10-11,15-17H2,1H3,(H,30,32). The van der Waals surface area contributed by atoms with E-state index in [4.69, 9.17) is 4.74 Å². The molecule has 3 aromatic carbocycles. The van der Waals surface area contributed by atoms with E-state index in [1.807, 2.05) is 29.0 Å². The lowest BCUT2D eigenvalue weighted by molar-refractivity contribution is -0.000603. The fourth-order valence-corrected chi connectivity index (χ4v) is 5.74. The normalized spacial score (nSPS) is 17.2. The highest BCUT2D eigenvalue weighted by Crippen LogP contribution is 2.55. The van der Waals surface area contributed by atoms with Gasteiger partial charge < -0.3 is 14.6 Å². The number of fused-ring (bicyclic) bond motifs is 2. The molecule has 2 aliphatic rings. The summed E-state index contributed by atoms with van der Waals surface area (Å²) in [6, 6.07) is 17.3. The van der Waals surface area contributed by atoms with Gasteiger partial charge in [0.2, 0.25) is 0 Å². The van der Waals surface area contributed by atoms with Crippen LogP contribution >= 0.6 is 0 Å². The van der Waals surface area contributed by atoms with Crippen molar-refractivity contribution in [2.75, 3.05) is 7.11 Å². The van der Waals surface area contributed by atoms with Gasteiger partial charge in [-0.2, -0.15) is 0 Å². The zero-order valence-electron chi connectivity index (χ0n) is 18.7. The number of aromatic nitrogens is 1. The maximum Gasteiger partial charge on any atom is 0.253 e. The van der Waals surface area contributed by atoms with Crippen LogP contribution in [0.1, 0.15) is 48.0 Å². The van der Waals surface area contributed by atoms with Crippen LogP contribution in [0.4, 0.5) is 4.39 Å². The van der Waals surface area contributed by atoms with Gasteiger partial charge >= 0.3 is 0 Å². The average molecular weight is 443 g/mol. The van der Waals surface area contributed by atoms with E-state index in [-0.39, 0.29) is 17.8 Å². The minimum atomic E-state index is -0.303. The highest BCUT2D eigenvalue weighted by molar-refractivity contribution is 6.06. The van der Waals surface area contributed by atoms with Crippen LogP contribution in [-0.2, 0) is 6.54 Å². The Kier molecular flexibility index (Phi) is 4.68. The van der Waals surface area contributed by atoms with E-state index in [2.05, 4.69) is 23.5 Å². The van der Waals surface area contributed by atoms with Crippen molar-refractivity contribution in [1.82, 2.24) is 9.88 Å². The Morgan fingerprint density at radius 1 is 1.09 bits per heavy atom. The first kappa shape index (κ1) is 20.3. The summed E-state index contributed by atoms with van der Waals surface area (Å²) in [6.45, 7) is 0.557. The zero-order chi connectivity index (χ0) is 22.6. The van der Waals surface area contributed by atoms with Crippen molar-refractivity contribution in [1.29, 1.82) is 0 Å². The summed E-state index contributed by atoms with van der Waals surface area (Å²) in [5.41, 5.74) is 2.78. The lowest BCUT2D eigenvalue weighted by Crippen LogP contribution is -2.53. The molecule has 5 heteroatoms. The van der Waals surface area contributed by atoms with Crippen molar-refractivity contribution in [3.8, 4) is 5.75 Å². The Bertz CT molecular complexity index is 1380. The molecule has 1 spiro atoms. The van der Waals surface area contributed by atoms with Crippen molar-refractivity contribution in [2.45, 2.75) is 44.7 Å². The molecule has 1 N–H and O–H groups in total. The molecule has 6 rings (SSSR count). The third kappa shape index (κ3) is 3.47. The van der Waals surface area contributed by atoms with Crippen LogP contribution in [0.5, 0.6) is 5.75 Å². The highest BCUT2D eigenvalue weighted by atomic mass is 19.1. The first-order chi connectivity index (χ1) is 16.0. The molecule has 0 bridgehead atoms. The molecule has 0 atom stereocenters. The molecule has 0 radical (unpaired) electrons. The van der Waals surface area contributed by atoms with Crippen LogP contribution < -0.4 is 10.1 Å². The number of nitrogens with one attached hydrogen (secondary N) is 1. The molecule has 0 aliphatic heterocycles. The van der Waals surface area contributed by atoms with Crippen molar-refractivity contribution < 1.29 is 13.9 Å². The SMILES string of the molecule is COc1ccc2cc(Cn3ccc4c(F)ccc(C(=O)NC5CC6(CCC6)C5)c43)ccc2c1. The third-order valence-corrected chi connectivity index (χ3v) is 7.69. The second-order valence-corrected chi connectivity index (χ2v) is 9.78. The fourth-order valence-electron chi connectivity index (χ4n) is 5.74. The number of ether oxygens (including phenoxy) is 1. The maximum atomic E-state index is 14.6. The number of hydrogen-bond donors (Lipinski definition) is 1. The molecular formula is C28H27FN2O2. The van der Waals surface area contributed by atoms with Gasteiger partial charge in [0.1, 0.15) is 11.6 Å². The van der Waals surface area contributed by atoms with Gasteiger partial charge in [-0.3, -0.25) is 4.79 Å². The molecule has 1 amide bonds. The van der Waals surface area contributed by atoms with Crippen LogP contribution in [0, 0.1) is 11.2 Å². The predicted octanol–water partition coefficient (Wildman–Crippen LogP) is 6.05. The number of hydrogen-bond acceptors (Lipinski definition) is 2. The molecule has 4 aromatic rings. The second kappa shape index (κ2) is 7.62. The maximum absolute atomic E-state index is 14.6. The number of methoxy groups -OCH3 is 1.